The van der Waals surface area contributed by atoms with Crippen molar-refractivity contribution in [1.82, 2.24) is 0 Å². The number of rotatable bonds is 4. The summed E-state index contributed by atoms with van der Waals surface area (Å²) in [6, 6.07) is 11.4. The zero-order chi connectivity index (χ0) is 15.4. The fourth-order valence-electron chi connectivity index (χ4n) is 2.00. The van der Waals surface area contributed by atoms with Crippen LogP contribution in [0.1, 0.15) is 24.1 Å². The first-order chi connectivity index (χ1) is 10.0. The van der Waals surface area contributed by atoms with E-state index in [1.54, 1.807) is 30.3 Å². The third-order valence-electron chi connectivity index (χ3n) is 3.14. The Morgan fingerprint density at radius 1 is 1.29 bits per heavy atom. The van der Waals surface area contributed by atoms with E-state index in [4.69, 9.17) is 21.6 Å². The maximum absolute atomic E-state index is 14.0. The van der Waals surface area contributed by atoms with Gasteiger partial charge in [0.1, 0.15) is 11.6 Å². The van der Waals surface area contributed by atoms with Gasteiger partial charge in [0.2, 0.25) is 0 Å². The predicted molar refractivity (Wildman–Crippen MR) is 81.2 cm³/mol. The van der Waals surface area contributed by atoms with E-state index in [1.807, 2.05) is 13.0 Å². The number of ether oxygens (including phenoxy) is 1. The summed E-state index contributed by atoms with van der Waals surface area (Å²) in [5.41, 5.74) is 1.64. The number of halogens is 2. The molecule has 2 aromatic rings. The highest BCUT2D eigenvalue weighted by atomic mass is 35.5. The summed E-state index contributed by atoms with van der Waals surface area (Å²) in [6.45, 7) is 1.83. The lowest BCUT2D eigenvalue weighted by Gasteiger charge is -2.18. The van der Waals surface area contributed by atoms with E-state index >= 15 is 0 Å². The minimum Gasteiger partial charge on any atom is -0.497 e. The summed E-state index contributed by atoms with van der Waals surface area (Å²) < 4.78 is 19.0. The molecule has 2 aromatic carbocycles. The van der Waals surface area contributed by atoms with Gasteiger partial charge in [0.25, 0.3) is 0 Å². The number of anilines is 1. The standard InChI is InChI=1S/C16H14ClFN2O/c1-10(13-5-4-12(21-2)8-15(13)18)20-16-6-3-11(9-19)7-14(16)17/h3-8,10,20H,1-2H3. The molecule has 0 radical (unpaired) electrons. The van der Waals surface area contributed by atoms with Crippen molar-refractivity contribution in [2.45, 2.75) is 13.0 Å². The maximum Gasteiger partial charge on any atom is 0.132 e. The largest absolute Gasteiger partial charge is 0.497 e. The average Bonchev–Trinajstić information content (AvgIpc) is 2.48. The van der Waals surface area contributed by atoms with Crippen LogP contribution in [0, 0.1) is 17.1 Å². The normalized spacial score (nSPS) is 11.6. The van der Waals surface area contributed by atoms with Crippen LogP contribution in [-0.4, -0.2) is 7.11 Å². The van der Waals surface area contributed by atoms with Crippen molar-refractivity contribution in [1.29, 1.82) is 5.26 Å². The van der Waals surface area contributed by atoms with Gasteiger partial charge in [-0.15, -0.1) is 0 Å². The fourth-order valence-corrected chi connectivity index (χ4v) is 2.23. The first-order valence-corrected chi connectivity index (χ1v) is 6.72. The lowest BCUT2D eigenvalue weighted by molar-refractivity contribution is 0.410. The second kappa shape index (κ2) is 6.47. The Balaban J connectivity index is 2.22. The van der Waals surface area contributed by atoms with Gasteiger partial charge in [0, 0.05) is 11.6 Å². The molecule has 2 rings (SSSR count). The molecule has 0 saturated carbocycles. The van der Waals surface area contributed by atoms with Crippen LogP contribution in [-0.2, 0) is 0 Å². The number of hydrogen-bond acceptors (Lipinski definition) is 3. The van der Waals surface area contributed by atoms with Crippen molar-refractivity contribution in [2.24, 2.45) is 0 Å². The fraction of sp³-hybridized carbons (Fsp3) is 0.188. The van der Waals surface area contributed by atoms with E-state index in [-0.39, 0.29) is 11.9 Å². The number of methoxy groups -OCH3 is 1. The lowest BCUT2D eigenvalue weighted by Crippen LogP contribution is -2.09. The van der Waals surface area contributed by atoms with Crippen LogP contribution in [0.5, 0.6) is 5.75 Å². The molecule has 0 heterocycles. The van der Waals surface area contributed by atoms with Gasteiger partial charge in [0.05, 0.1) is 35.5 Å². The molecule has 0 saturated heterocycles. The Morgan fingerprint density at radius 3 is 2.62 bits per heavy atom. The maximum atomic E-state index is 14.0. The Morgan fingerprint density at radius 2 is 2.05 bits per heavy atom. The van der Waals surface area contributed by atoms with Crippen molar-refractivity contribution in [2.75, 3.05) is 12.4 Å². The first-order valence-electron chi connectivity index (χ1n) is 6.34. The molecule has 0 spiro atoms. The molecule has 1 atom stereocenters. The summed E-state index contributed by atoms with van der Waals surface area (Å²) in [7, 11) is 1.49. The summed E-state index contributed by atoms with van der Waals surface area (Å²) in [5, 5.41) is 12.4. The minimum atomic E-state index is -0.348. The van der Waals surface area contributed by atoms with Gasteiger partial charge in [-0.3, -0.25) is 0 Å². The molecule has 0 aliphatic carbocycles. The van der Waals surface area contributed by atoms with E-state index in [1.165, 1.54) is 13.2 Å². The molecule has 108 valence electrons. The van der Waals surface area contributed by atoms with E-state index in [9.17, 15) is 4.39 Å². The van der Waals surface area contributed by atoms with Gasteiger partial charge in [-0.2, -0.15) is 5.26 Å². The molecule has 1 unspecified atom stereocenters. The Bertz CT molecular complexity index is 697. The average molecular weight is 305 g/mol. The van der Waals surface area contributed by atoms with Crippen LogP contribution >= 0.6 is 11.6 Å². The van der Waals surface area contributed by atoms with Crippen LogP contribution in [0.4, 0.5) is 10.1 Å². The Labute approximate surface area is 127 Å². The van der Waals surface area contributed by atoms with Gasteiger partial charge >= 0.3 is 0 Å². The summed E-state index contributed by atoms with van der Waals surface area (Å²) in [4.78, 5) is 0. The molecule has 0 aromatic heterocycles. The van der Waals surface area contributed by atoms with Crippen LogP contribution < -0.4 is 10.1 Å². The molecule has 0 amide bonds. The van der Waals surface area contributed by atoms with Crippen LogP contribution in [0.25, 0.3) is 0 Å². The molecule has 0 bridgehead atoms. The smallest absolute Gasteiger partial charge is 0.132 e. The van der Waals surface area contributed by atoms with Crippen molar-refractivity contribution in [3.63, 3.8) is 0 Å². The van der Waals surface area contributed by atoms with E-state index in [0.29, 0.717) is 27.6 Å². The van der Waals surface area contributed by atoms with Crippen molar-refractivity contribution in [3.8, 4) is 11.8 Å². The first kappa shape index (κ1) is 15.1. The predicted octanol–water partition coefficient (Wildman–Crippen LogP) is 4.53. The van der Waals surface area contributed by atoms with Crippen molar-refractivity contribution < 1.29 is 9.13 Å². The van der Waals surface area contributed by atoms with Crippen molar-refractivity contribution >= 4 is 17.3 Å². The second-order valence-electron chi connectivity index (χ2n) is 4.56. The molecule has 0 fully saturated rings. The van der Waals surface area contributed by atoms with Gasteiger partial charge in [0.15, 0.2) is 0 Å². The summed E-state index contributed by atoms with van der Waals surface area (Å²) in [5.74, 6) is 0.124. The number of nitrogens with zero attached hydrogens (tertiary/aromatic N) is 1. The highest BCUT2D eigenvalue weighted by Gasteiger charge is 2.13. The van der Waals surface area contributed by atoms with Gasteiger partial charge in [-0.05, 0) is 31.2 Å². The number of nitriles is 1. The quantitative estimate of drug-likeness (QED) is 0.902. The van der Waals surface area contributed by atoms with E-state index < -0.39 is 0 Å². The number of nitrogens with one attached hydrogen (secondary N) is 1. The van der Waals surface area contributed by atoms with Crippen molar-refractivity contribution in [3.05, 3.63) is 58.4 Å². The lowest BCUT2D eigenvalue weighted by atomic mass is 10.1. The van der Waals surface area contributed by atoms with Gasteiger partial charge < -0.3 is 10.1 Å². The van der Waals surface area contributed by atoms with Crippen LogP contribution in [0.3, 0.4) is 0 Å². The van der Waals surface area contributed by atoms with E-state index in [2.05, 4.69) is 5.32 Å². The summed E-state index contributed by atoms with van der Waals surface area (Å²) in [6.07, 6.45) is 0. The molecular weight excluding hydrogens is 291 g/mol. The third kappa shape index (κ3) is 3.45. The molecule has 0 aliphatic rings. The highest BCUT2D eigenvalue weighted by Crippen LogP contribution is 2.29. The molecule has 21 heavy (non-hydrogen) atoms. The Hall–Kier alpha value is -2.25. The van der Waals surface area contributed by atoms with E-state index in [0.717, 1.165) is 0 Å². The monoisotopic (exact) mass is 304 g/mol. The molecule has 1 N–H and O–H groups in total. The van der Waals surface area contributed by atoms with Crippen LogP contribution in [0.15, 0.2) is 36.4 Å². The SMILES string of the molecule is COc1ccc(C(C)Nc2ccc(C#N)cc2Cl)c(F)c1. The second-order valence-corrected chi connectivity index (χ2v) is 4.97. The summed E-state index contributed by atoms with van der Waals surface area (Å²) >= 11 is 6.10. The number of benzene rings is 2. The van der Waals surface area contributed by atoms with Gasteiger partial charge in [-0.25, -0.2) is 4.39 Å². The third-order valence-corrected chi connectivity index (χ3v) is 3.46. The highest BCUT2D eigenvalue weighted by molar-refractivity contribution is 6.33. The van der Waals surface area contributed by atoms with Crippen LogP contribution in [0.2, 0.25) is 5.02 Å². The topological polar surface area (TPSA) is 45.0 Å². The number of hydrogen-bond donors (Lipinski definition) is 1. The molecule has 5 heteroatoms. The molecule has 0 aliphatic heterocycles. The zero-order valence-corrected chi connectivity index (χ0v) is 12.4. The van der Waals surface area contributed by atoms with Gasteiger partial charge in [-0.1, -0.05) is 17.7 Å². The zero-order valence-electron chi connectivity index (χ0n) is 11.7. The minimum absolute atomic E-state index is 0.277. The molecule has 3 nitrogen and oxygen atoms in total. The Kier molecular flexibility index (Phi) is 4.66. The molecular formula is C16H14ClFN2O.